The van der Waals surface area contributed by atoms with Crippen LogP contribution < -0.4 is 9.46 Å². The van der Waals surface area contributed by atoms with E-state index in [1.54, 1.807) is 0 Å². The van der Waals surface area contributed by atoms with E-state index in [2.05, 4.69) is 11.6 Å². The molecule has 0 spiro atoms. The van der Waals surface area contributed by atoms with Gasteiger partial charge in [-0.2, -0.15) is 0 Å². The van der Waals surface area contributed by atoms with Gasteiger partial charge in [-0.05, 0) is 30.9 Å². The summed E-state index contributed by atoms with van der Waals surface area (Å²) < 4.78 is 32.6. The Labute approximate surface area is 124 Å². The van der Waals surface area contributed by atoms with Crippen LogP contribution in [0.1, 0.15) is 25.3 Å². The summed E-state index contributed by atoms with van der Waals surface area (Å²) in [5, 5.41) is 9.53. The lowest BCUT2D eigenvalue weighted by Gasteiger charge is -2.33. The molecule has 2 N–H and O–H groups in total. The summed E-state index contributed by atoms with van der Waals surface area (Å²) >= 11 is 5.91. The Morgan fingerprint density at radius 3 is 2.60 bits per heavy atom. The standard InChI is InChI=1S/C13H18ClNO4S/c1-8-3-11(4-8)15-20(17,18)12-6-10(14)5-9(7-16)13(12)19-2/h5-6,8,11,15-16H,3-4,7H2,1-2H3. The lowest BCUT2D eigenvalue weighted by molar-refractivity contribution is 0.268. The molecule has 1 aliphatic rings. The molecule has 0 radical (unpaired) electrons. The molecule has 0 bridgehead atoms. The molecule has 2 rings (SSSR count). The van der Waals surface area contributed by atoms with Crippen LogP contribution in [0.3, 0.4) is 0 Å². The predicted molar refractivity (Wildman–Crippen MR) is 76.4 cm³/mol. The molecule has 1 saturated carbocycles. The molecule has 1 aromatic carbocycles. The second-order valence-corrected chi connectivity index (χ2v) is 7.27. The molecule has 0 atom stereocenters. The summed E-state index contributed by atoms with van der Waals surface area (Å²) in [5.74, 6) is 0.675. The molecule has 1 aromatic rings. The lowest BCUT2D eigenvalue weighted by Crippen LogP contribution is -2.43. The Bertz CT molecular complexity index is 597. The average Bonchev–Trinajstić information content (AvgIpc) is 2.35. The fourth-order valence-electron chi connectivity index (χ4n) is 2.45. The molecule has 0 heterocycles. The minimum atomic E-state index is -3.71. The monoisotopic (exact) mass is 319 g/mol. The van der Waals surface area contributed by atoms with Crippen LogP contribution in [-0.2, 0) is 16.6 Å². The zero-order valence-corrected chi connectivity index (χ0v) is 13.0. The summed E-state index contributed by atoms with van der Waals surface area (Å²) in [6.45, 7) is 1.74. The molecule has 0 unspecified atom stereocenters. The van der Waals surface area contributed by atoms with E-state index in [-0.39, 0.29) is 28.3 Å². The molecule has 0 aliphatic heterocycles. The van der Waals surface area contributed by atoms with Gasteiger partial charge in [0.15, 0.2) is 0 Å². The van der Waals surface area contributed by atoms with Crippen LogP contribution in [-0.4, -0.2) is 26.7 Å². The SMILES string of the molecule is COc1c(CO)cc(Cl)cc1S(=O)(=O)NC1CC(C)C1. The number of ether oxygens (including phenoxy) is 1. The van der Waals surface area contributed by atoms with Crippen LogP contribution >= 0.6 is 11.6 Å². The van der Waals surface area contributed by atoms with E-state index in [1.807, 2.05) is 0 Å². The van der Waals surface area contributed by atoms with Crippen molar-refractivity contribution in [2.75, 3.05) is 7.11 Å². The van der Waals surface area contributed by atoms with Gasteiger partial charge in [-0.25, -0.2) is 13.1 Å². The Morgan fingerprint density at radius 1 is 1.45 bits per heavy atom. The third kappa shape index (κ3) is 3.09. The van der Waals surface area contributed by atoms with Crippen LogP contribution in [0.2, 0.25) is 5.02 Å². The first kappa shape index (κ1) is 15.6. The number of aliphatic hydroxyl groups is 1. The lowest BCUT2D eigenvalue weighted by atomic mass is 9.83. The zero-order chi connectivity index (χ0) is 14.9. The Balaban J connectivity index is 2.37. The fraction of sp³-hybridized carbons (Fsp3) is 0.538. The smallest absolute Gasteiger partial charge is 0.244 e. The molecular formula is C13H18ClNO4S. The van der Waals surface area contributed by atoms with Crippen molar-refractivity contribution in [1.82, 2.24) is 4.72 Å². The van der Waals surface area contributed by atoms with Gasteiger partial charge in [-0.1, -0.05) is 18.5 Å². The zero-order valence-electron chi connectivity index (χ0n) is 11.4. The highest BCUT2D eigenvalue weighted by atomic mass is 35.5. The van der Waals surface area contributed by atoms with Gasteiger partial charge in [0.2, 0.25) is 10.0 Å². The van der Waals surface area contributed by atoms with Gasteiger partial charge in [0.05, 0.1) is 13.7 Å². The van der Waals surface area contributed by atoms with Crippen molar-refractivity contribution in [3.8, 4) is 5.75 Å². The Hall–Kier alpha value is -0.820. The highest BCUT2D eigenvalue weighted by molar-refractivity contribution is 7.89. The van der Waals surface area contributed by atoms with Crippen molar-refractivity contribution in [3.63, 3.8) is 0 Å². The normalized spacial score (nSPS) is 22.4. The largest absolute Gasteiger partial charge is 0.495 e. The maximum Gasteiger partial charge on any atom is 0.244 e. The van der Waals surface area contributed by atoms with Crippen LogP contribution in [0.15, 0.2) is 17.0 Å². The number of nitrogens with one attached hydrogen (secondary N) is 1. The van der Waals surface area contributed by atoms with E-state index < -0.39 is 10.0 Å². The summed E-state index contributed by atoms with van der Waals surface area (Å²) in [4.78, 5) is -0.0314. The topological polar surface area (TPSA) is 75.6 Å². The van der Waals surface area contributed by atoms with E-state index in [0.717, 1.165) is 12.8 Å². The van der Waals surface area contributed by atoms with Gasteiger partial charge in [-0.15, -0.1) is 0 Å². The Morgan fingerprint density at radius 2 is 2.10 bits per heavy atom. The first-order valence-corrected chi connectivity index (χ1v) is 8.23. The van der Waals surface area contributed by atoms with Gasteiger partial charge in [-0.3, -0.25) is 0 Å². The summed E-state index contributed by atoms with van der Waals surface area (Å²) in [7, 11) is -2.34. The average molecular weight is 320 g/mol. The molecular weight excluding hydrogens is 302 g/mol. The van der Waals surface area contributed by atoms with Crippen LogP contribution in [0.5, 0.6) is 5.75 Å². The molecule has 5 nitrogen and oxygen atoms in total. The van der Waals surface area contributed by atoms with Crippen LogP contribution in [0.25, 0.3) is 0 Å². The molecule has 112 valence electrons. The van der Waals surface area contributed by atoms with Crippen LogP contribution in [0.4, 0.5) is 0 Å². The highest BCUT2D eigenvalue weighted by Crippen LogP contribution is 2.34. The molecule has 0 amide bonds. The van der Waals surface area contributed by atoms with Gasteiger partial charge >= 0.3 is 0 Å². The van der Waals surface area contributed by atoms with Crippen molar-refractivity contribution >= 4 is 21.6 Å². The van der Waals surface area contributed by atoms with Gasteiger partial charge in [0.25, 0.3) is 0 Å². The molecule has 0 aromatic heterocycles. The maximum atomic E-state index is 12.4. The van der Waals surface area contributed by atoms with Crippen LogP contribution in [0, 0.1) is 5.92 Å². The van der Waals surface area contributed by atoms with E-state index in [9.17, 15) is 13.5 Å². The molecule has 1 fully saturated rings. The number of sulfonamides is 1. The number of hydrogen-bond acceptors (Lipinski definition) is 4. The third-order valence-electron chi connectivity index (χ3n) is 3.46. The minimum absolute atomic E-state index is 0.0314. The van der Waals surface area contributed by atoms with E-state index >= 15 is 0 Å². The number of aliphatic hydroxyl groups excluding tert-OH is 1. The predicted octanol–water partition coefficient (Wildman–Crippen LogP) is 1.92. The second-order valence-electron chi connectivity index (χ2n) is 5.15. The fourth-order valence-corrected chi connectivity index (χ4v) is 4.26. The summed E-state index contributed by atoms with van der Waals surface area (Å²) in [5.41, 5.74) is 0.349. The molecule has 7 heteroatoms. The molecule has 1 aliphatic carbocycles. The highest BCUT2D eigenvalue weighted by Gasteiger charge is 2.31. The van der Waals surface area contributed by atoms with Crippen molar-refractivity contribution < 1.29 is 18.3 Å². The van der Waals surface area contributed by atoms with Gasteiger partial charge < -0.3 is 9.84 Å². The quantitative estimate of drug-likeness (QED) is 0.869. The van der Waals surface area contributed by atoms with E-state index in [1.165, 1.54) is 19.2 Å². The third-order valence-corrected chi connectivity index (χ3v) is 5.20. The first-order chi connectivity index (χ1) is 9.37. The Kier molecular flexibility index (Phi) is 4.59. The number of methoxy groups -OCH3 is 1. The van der Waals surface area contributed by atoms with E-state index in [4.69, 9.17) is 16.3 Å². The summed E-state index contributed by atoms with van der Waals surface area (Å²) in [6.07, 6.45) is 1.66. The van der Waals surface area contributed by atoms with Gasteiger partial charge in [0, 0.05) is 16.6 Å². The van der Waals surface area contributed by atoms with Crippen molar-refractivity contribution in [1.29, 1.82) is 0 Å². The van der Waals surface area contributed by atoms with Gasteiger partial charge in [0.1, 0.15) is 10.6 Å². The maximum absolute atomic E-state index is 12.4. The number of halogens is 1. The first-order valence-electron chi connectivity index (χ1n) is 6.37. The summed E-state index contributed by atoms with van der Waals surface area (Å²) in [6, 6.07) is 2.78. The number of benzene rings is 1. The van der Waals surface area contributed by atoms with Crippen molar-refractivity contribution in [2.45, 2.75) is 37.3 Å². The molecule has 20 heavy (non-hydrogen) atoms. The van der Waals surface area contributed by atoms with E-state index in [0.29, 0.717) is 11.5 Å². The number of rotatable bonds is 5. The number of hydrogen-bond donors (Lipinski definition) is 2. The van der Waals surface area contributed by atoms with Crippen molar-refractivity contribution in [3.05, 3.63) is 22.7 Å². The van der Waals surface area contributed by atoms with Crippen molar-refractivity contribution in [2.24, 2.45) is 5.92 Å². The molecule has 0 saturated heterocycles. The minimum Gasteiger partial charge on any atom is -0.495 e. The second kappa shape index (κ2) is 5.89.